The van der Waals surface area contributed by atoms with Crippen molar-refractivity contribution in [1.82, 2.24) is 9.97 Å². The number of aromatic nitrogens is 2. The monoisotopic (exact) mass is 259 g/mol. The maximum absolute atomic E-state index is 13.1. The summed E-state index contributed by atoms with van der Waals surface area (Å²) in [5.41, 5.74) is 8.71. The van der Waals surface area contributed by atoms with Crippen molar-refractivity contribution in [3.8, 4) is 0 Å². The molecule has 0 fully saturated rings. The molecule has 3 nitrogen and oxygen atoms in total. The Morgan fingerprint density at radius 2 is 2.00 bits per heavy atom. The summed E-state index contributed by atoms with van der Waals surface area (Å²) in [7, 11) is 0. The first-order chi connectivity index (χ1) is 8.97. The Hall–Kier alpha value is -1.97. The Morgan fingerprint density at radius 1 is 1.26 bits per heavy atom. The van der Waals surface area contributed by atoms with Gasteiger partial charge in [0.1, 0.15) is 17.5 Å². The maximum atomic E-state index is 13.1. The number of nitrogen functional groups attached to an aromatic ring is 1. The highest BCUT2D eigenvalue weighted by atomic mass is 19.1. The van der Waals surface area contributed by atoms with Gasteiger partial charge >= 0.3 is 0 Å². The van der Waals surface area contributed by atoms with E-state index in [0.29, 0.717) is 24.0 Å². The fourth-order valence-corrected chi connectivity index (χ4v) is 2.29. The van der Waals surface area contributed by atoms with Gasteiger partial charge < -0.3 is 5.73 Å². The van der Waals surface area contributed by atoms with E-state index in [-0.39, 0.29) is 5.82 Å². The number of rotatable bonds is 3. The van der Waals surface area contributed by atoms with Crippen molar-refractivity contribution in [2.75, 3.05) is 5.73 Å². The number of nitrogens with two attached hydrogens (primary N) is 1. The van der Waals surface area contributed by atoms with Crippen molar-refractivity contribution in [2.24, 2.45) is 0 Å². The van der Waals surface area contributed by atoms with Gasteiger partial charge in [-0.05, 0) is 30.5 Å². The molecule has 1 aromatic carbocycles. The highest BCUT2D eigenvalue weighted by Gasteiger charge is 2.12. The van der Waals surface area contributed by atoms with Gasteiger partial charge in [0.25, 0.3) is 0 Å². The molecule has 100 valence electrons. The van der Waals surface area contributed by atoms with Gasteiger partial charge in [-0.1, -0.05) is 26.0 Å². The van der Waals surface area contributed by atoms with Crippen LogP contribution < -0.4 is 5.73 Å². The van der Waals surface area contributed by atoms with Crippen LogP contribution in [0.15, 0.2) is 24.3 Å². The molecule has 0 saturated carbocycles. The van der Waals surface area contributed by atoms with Crippen LogP contribution in [0.1, 0.15) is 42.4 Å². The molecule has 0 saturated heterocycles. The lowest BCUT2D eigenvalue weighted by atomic mass is 10.0. The Kier molecular flexibility index (Phi) is 3.79. The van der Waals surface area contributed by atoms with Gasteiger partial charge in [0.2, 0.25) is 0 Å². The number of hydrogen-bond acceptors (Lipinski definition) is 3. The molecule has 0 bridgehead atoms. The zero-order valence-electron chi connectivity index (χ0n) is 11.4. The first-order valence-electron chi connectivity index (χ1n) is 6.34. The summed E-state index contributed by atoms with van der Waals surface area (Å²) in [6, 6.07) is 6.45. The number of anilines is 1. The fourth-order valence-electron chi connectivity index (χ4n) is 2.29. The Bertz CT molecular complexity index is 571. The summed E-state index contributed by atoms with van der Waals surface area (Å²) in [5, 5.41) is 0. The van der Waals surface area contributed by atoms with Crippen molar-refractivity contribution in [3.63, 3.8) is 0 Å². The first kappa shape index (κ1) is 13.5. The van der Waals surface area contributed by atoms with E-state index >= 15 is 0 Å². The summed E-state index contributed by atoms with van der Waals surface area (Å²) >= 11 is 0. The lowest BCUT2D eigenvalue weighted by Gasteiger charge is -2.13. The number of halogens is 1. The predicted molar refractivity (Wildman–Crippen MR) is 74.5 cm³/mol. The molecule has 0 amide bonds. The third kappa shape index (κ3) is 3.08. The first-order valence-corrected chi connectivity index (χ1v) is 6.34. The Labute approximate surface area is 112 Å². The summed E-state index contributed by atoms with van der Waals surface area (Å²) in [5.74, 6) is 1.20. The van der Waals surface area contributed by atoms with E-state index in [0.717, 1.165) is 16.8 Å². The van der Waals surface area contributed by atoms with Gasteiger partial charge in [-0.25, -0.2) is 14.4 Å². The molecule has 0 unspecified atom stereocenters. The average Bonchev–Trinajstić information content (AvgIpc) is 2.27. The summed E-state index contributed by atoms with van der Waals surface area (Å²) in [4.78, 5) is 8.79. The molecule has 1 heterocycles. The molecule has 2 rings (SSSR count). The SMILES string of the molecule is Cc1nc(Cc2cccc(F)c2)nc(N)c1C(C)C. The molecule has 0 aliphatic carbocycles. The topological polar surface area (TPSA) is 51.8 Å². The van der Waals surface area contributed by atoms with Crippen LogP contribution in [0.3, 0.4) is 0 Å². The van der Waals surface area contributed by atoms with Crippen LogP contribution in [0.2, 0.25) is 0 Å². The molecule has 4 heteroatoms. The third-order valence-corrected chi connectivity index (χ3v) is 3.04. The second kappa shape index (κ2) is 5.34. The van der Waals surface area contributed by atoms with E-state index in [1.807, 2.05) is 13.0 Å². The van der Waals surface area contributed by atoms with Crippen molar-refractivity contribution < 1.29 is 4.39 Å². The van der Waals surface area contributed by atoms with Gasteiger partial charge in [0.15, 0.2) is 0 Å². The number of nitrogens with zero attached hydrogens (tertiary/aromatic N) is 2. The molecule has 0 spiro atoms. The van der Waals surface area contributed by atoms with Gasteiger partial charge in [-0.3, -0.25) is 0 Å². The highest BCUT2D eigenvalue weighted by molar-refractivity contribution is 5.44. The fraction of sp³-hybridized carbons (Fsp3) is 0.333. The van der Waals surface area contributed by atoms with E-state index in [4.69, 9.17) is 5.73 Å². The summed E-state index contributed by atoms with van der Waals surface area (Å²) < 4.78 is 13.1. The second-order valence-electron chi connectivity index (χ2n) is 4.99. The van der Waals surface area contributed by atoms with Crippen molar-refractivity contribution in [2.45, 2.75) is 33.1 Å². The summed E-state index contributed by atoms with van der Waals surface area (Å²) in [6.45, 7) is 6.06. The molecule has 0 atom stereocenters. The molecule has 19 heavy (non-hydrogen) atoms. The van der Waals surface area contributed by atoms with Crippen LogP contribution >= 0.6 is 0 Å². The predicted octanol–water partition coefficient (Wildman–Crippen LogP) is 3.22. The molecular weight excluding hydrogens is 241 g/mol. The Balaban J connectivity index is 2.32. The number of aryl methyl sites for hydroxylation is 1. The average molecular weight is 259 g/mol. The second-order valence-corrected chi connectivity index (χ2v) is 4.99. The molecule has 2 N–H and O–H groups in total. The minimum atomic E-state index is -0.249. The molecule has 0 radical (unpaired) electrons. The third-order valence-electron chi connectivity index (χ3n) is 3.04. The zero-order valence-corrected chi connectivity index (χ0v) is 11.4. The van der Waals surface area contributed by atoms with E-state index in [9.17, 15) is 4.39 Å². The van der Waals surface area contributed by atoms with E-state index < -0.39 is 0 Å². The van der Waals surface area contributed by atoms with Gasteiger partial charge in [0.05, 0.1) is 0 Å². The largest absolute Gasteiger partial charge is 0.383 e. The zero-order chi connectivity index (χ0) is 14.0. The van der Waals surface area contributed by atoms with Crippen LogP contribution in [-0.2, 0) is 6.42 Å². The Morgan fingerprint density at radius 3 is 2.58 bits per heavy atom. The van der Waals surface area contributed by atoms with Crippen molar-refractivity contribution in [3.05, 3.63) is 52.7 Å². The lowest BCUT2D eigenvalue weighted by molar-refractivity contribution is 0.625. The lowest BCUT2D eigenvalue weighted by Crippen LogP contribution is -2.09. The molecular formula is C15H18FN3. The van der Waals surface area contributed by atoms with E-state index in [1.54, 1.807) is 6.07 Å². The van der Waals surface area contributed by atoms with E-state index in [1.165, 1.54) is 12.1 Å². The molecule has 1 aromatic heterocycles. The van der Waals surface area contributed by atoms with E-state index in [2.05, 4.69) is 23.8 Å². The molecule has 2 aromatic rings. The molecule has 0 aliphatic heterocycles. The standard InChI is InChI=1S/C15H18FN3/c1-9(2)14-10(3)18-13(19-15(14)17)8-11-5-4-6-12(16)7-11/h4-7,9H,8H2,1-3H3,(H2,17,18,19). The van der Waals surface area contributed by atoms with Crippen LogP contribution in [0, 0.1) is 12.7 Å². The number of hydrogen-bond donors (Lipinski definition) is 1. The van der Waals surface area contributed by atoms with Crippen LogP contribution in [0.25, 0.3) is 0 Å². The van der Waals surface area contributed by atoms with Crippen LogP contribution in [-0.4, -0.2) is 9.97 Å². The van der Waals surface area contributed by atoms with Gasteiger partial charge in [0, 0.05) is 17.7 Å². The maximum Gasteiger partial charge on any atom is 0.135 e. The van der Waals surface area contributed by atoms with Crippen molar-refractivity contribution >= 4 is 5.82 Å². The van der Waals surface area contributed by atoms with Gasteiger partial charge in [-0.2, -0.15) is 0 Å². The minimum Gasteiger partial charge on any atom is -0.383 e. The summed E-state index contributed by atoms with van der Waals surface area (Å²) in [6.07, 6.45) is 0.487. The van der Waals surface area contributed by atoms with Gasteiger partial charge in [-0.15, -0.1) is 0 Å². The van der Waals surface area contributed by atoms with Crippen LogP contribution in [0.4, 0.5) is 10.2 Å². The highest BCUT2D eigenvalue weighted by Crippen LogP contribution is 2.23. The van der Waals surface area contributed by atoms with Crippen LogP contribution in [0.5, 0.6) is 0 Å². The van der Waals surface area contributed by atoms with Crippen molar-refractivity contribution in [1.29, 1.82) is 0 Å². The minimum absolute atomic E-state index is 0.249. The quantitative estimate of drug-likeness (QED) is 0.920. The normalized spacial score (nSPS) is 11.0. The number of benzene rings is 1. The molecule has 0 aliphatic rings. The smallest absolute Gasteiger partial charge is 0.135 e.